The number of rotatable bonds is 10. The first kappa shape index (κ1) is 25.7. The number of amides is 2. The van der Waals surface area contributed by atoms with Crippen LogP contribution in [0, 0.1) is 0 Å². The first-order valence-electron chi connectivity index (χ1n) is 11.6. The van der Waals surface area contributed by atoms with Gasteiger partial charge in [0.25, 0.3) is 5.91 Å². The predicted octanol–water partition coefficient (Wildman–Crippen LogP) is 3.22. The van der Waals surface area contributed by atoms with E-state index >= 15 is 0 Å². The van der Waals surface area contributed by atoms with Gasteiger partial charge in [-0.25, -0.2) is 14.4 Å². The number of aliphatic carboxylic acids is 1. The van der Waals surface area contributed by atoms with Gasteiger partial charge in [0.1, 0.15) is 12.1 Å². The van der Waals surface area contributed by atoms with E-state index in [2.05, 4.69) is 10.6 Å². The Morgan fingerprint density at radius 2 is 1.46 bits per heavy atom. The number of carbonyl (C=O) groups is 4. The number of carbonyl (C=O) groups excluding carboxylic acids is 3. The molecule has 2 aromatic rings. The molecule has 0 radical (unpaired) electrons. The fourth-order valence-electron chi connectivity index (χ4n) is 4.31. The largest absolute Gasteiger partial charge is 0.480 e. The van der Waals surface area contributed by atoms with Gasteiger partial charge in [-0.15, -0.1) is 0 Å². The molecule has 0 heterocycles. The molecule has 1 aliphatic rings. The highest BCUT2D eigenvalue weighted by molar-refractivity contribution is 6.05. The molecule has 2 aromatic carbocycles. The molecule has 3 rings (SSSR count). The standard InChI is InChI=1S/C26H30N2O7/c1-4-26(5-2,24(31)32)28-22(29)21(23(30)34-6-3)27-25(33)35-15-20-18-13-9-7-11-16(18)17-12-8-10-14-19(17)20/h7-14,20-21H,4-6,15H2,1-3H3,(H,27,33)(H,28,29)(H,31,32). The van der Waals surface area contributed by atoms with E-state index in [1.807, 2.05) is 48.5 Å². The van der Waals surface area contributed by atoms with E-state index < -0.39 is 35.5 Å². The van der Waals surface area contributed by atoms with E-state index in [1.54, 1.807) is 20.8 Å². The van der Waals surface area contributed by atoms with Gasteiger partial charge in [-0.05, 0) is 42.0 Å². The van der Waals surface area contributed by atoms with Crippen LogP contribution in [0.5, 0.6) is 0 Å². The van der Waals surface area contributed by atoms with Crippen LogP contribution in [-0.4, -0.2) is 53.8 Å². The number of carboxylic acids is 1. The van der Waals surface area contributed by atoms with E-state index in [-0.39, 0.29) is 32.0 Å². The van der Waals surface area contributed by atoms with Crippen LogP contribution in [-0.2, 0) is 23.9 Å². The highest BCUT2D eigenvalue weighted by Crippen LogP contribution is 2.44. The summed E-state index contributed by atoms with van der Waals surface area (Å²) in [4.78, 5) is 49.7. The number of carboxylic acid groups (broad SMARTS) is 1. The van der Waals surface area contributed by atoms with Crippen LogP contribution in [0.2, 0.25) is 0 Å². The average Bonchev–Trinajstić information content (AvgIpc) is 3.18. The Bertz CT molecular complexity index is 1060. The van der Waals surface area contributed by atoms with Crippen LogP contribution >= 0.6 is 0 Å². The minimum atomic E-state index is -1.76. The van der Waals surface area contributed by atoms with Crippen LogP contribution in [0.15, 0.2) is 48.5 Å². The fourth-order valence-corrected chi connectivity index (χ4v) is 4.31. The SMILES string of the molecule is CCOC(=O)C(NC(=O)OCC1c2ccccc2-c2ccccc21)C(=O)NC(CC)(CC)C(=O)O. The average molecular weight is 483 g/mol. The summed E-state index contributed by atoms with van der Waals surface area (Å²) in [5, 5.41) is 14.2. The van der Waals surface area contributed by atoms with Gasteiger partial charge in [-0.3, -0.25) is 10.1 Å². The second-order valence-corrected chi connectivity index (χ2v) is 8.24. The third-order valence-electron chi connectivity index (χ3n) is 6.37. The van der Waals surface area contributed by atoms with Gasteiger partial charge in [0.15, 0.2) is 0 Å². The Morgan fingerprint density at radius 1 is 0.914 bits per heavy atom. The van der Waals surface area contributed by atoms with Gasteiger partial charge < -0.3 is 19.9 Å². The molecule has 0 bridgehead atoms. The number of nitrogens with one attached hydrogen (secondary N) is 2. The number of fused-ring (bicyclic) bond motifs is 3. The molecule has 0 fully saturated rings. The lowest BCUT2D eigenvalue weighted by Gasteiger charge is -2.29. The zero-order valence-electron chi connectivity index (χ0n) is 20.0. The van der Waals surface area contributed by atoms with Crippen molar-refractivity contribution in [2.75, 3.05) is 13.2 Å². The molecular formula is C26H30N2O7. The highest BCUT2D eigenvalue weighted by Gasteiger charge is 2.41. The van der Waals surface area contributed by atoms with Crippen molar-refractivity contribution in [3.05, 3.63) is 59.7 Å². The first-order chi connectivity index (χ1) is 16.8. The number of hydrogen-bond donors (Lipinski definition) is 3. The van der Waals surface area contributed by atoms with Gasteiger partial charge >= 0.3 is 18.0 Å². The molecule has 186 valence electrons. The molecule has 3 N–H and O–H groups in total. The molecule has 9 nitrogen and oxygen atoms in total. The number of alkyl carbamates (subject to hydrolysis) is 1. The molecule has 0 saturated heterocycles. The number of benzene rings is 2. The van der Waals surface area contributed by atoms with Crippen LogP contribution in [0.1, 0.15) is 50.7 Å². The summed E-state index contributed by atoms with van der Waals surface area (Å²) < 4.78 is 10.3. The molecule has 9 heteroatoms. The molecule has 2 amide bonds. The molecule has 1 unspecified atom stereocenters. The smallest absolute Gasteiger partial charge is 0.408 e. The quantitative estimate of drug-likeness (QED) is 0.350. The predicted molar refractivity (Wildman–Crippen MR) is 128 cm³/mol. The normalized spacial score (nSPS) is 13.2. The molecule has 0 aromatic heterocycles. The van der Waals surface area contributed by atoms with E-state index in [0.29, 0.717) is 0 Å². The van der Waals surface area contributed by atoms with E-state index in [9.17, 15) is 24.3 Å². The Morgan fingerprint density at radius 3 is 1.94 bits per heavy atom. The summed E-state index contributed by atoms with van der Waals surface area (Å²) in [5.41, 5.74) is 2.57. The maximum Gasteiger partial charge on any atom is 0.408 e. The lowest BCUT2D eigenvalue weighted by atomic mass is 9.92. The second kappa shape index (κ2) is 11.0. The van der Waals surface area contributed by atoms with Crippen LogP contribution < -0.4 is 10.6 Å². The van der Waals surface area contributed by atoms with Gasteiger partial charge in [0.2, 0.25) is 6.04 Å². The van der Waals surface area contributed by atoms with Crippen molar-refractivity contribution in [2.45, 2.75) is 51.1 Å². The van der Waals surface area contributed by atoms with Gasteiger partial charge in [-0.1, -0.05) is 62.4 Å². The van der Waals surface area contributed by atoms with Crippen molar-refractivity contribution < 1.29 is 33.8 Å². The van der Waals surface area contributed by atoms with E-state index in [4.69, 9.17) is 9.47 Å². The minimum Gasteiger partial charge on any atom is -0.480 e. The second-order valence-electron chi connectivity index (χ2n) is 8.24. The molecular weight excluding hydrogens is 452 g/mol. The topological polar surface area (TPSA) is 131 Å². The Kier molecular flexibility index (Phi) is 8.11. The number of ether oxygens (including phenoxy) is 2. The van der Waals surface area contributed by atoms with Crippen molar-refractivity contribution in [3.63, 3.8) is 0 Å². The lowest BCUT2D eigenvalue weighted by molar-refractivity contribution is -0.153. The van der Waals surface area contributed by atoms with Crippen molar-refractivity contribution in [2.24, 2.45) is 0 Å². The van der Waals surface area contributed by atoms with Gasteiger partial charge in [0.05, 0.1) is 6.61 Å². The molecule has 1 atom stereocenters. The maximum absolute atomic E-state index is 12.9. The van der Waals surface area contributed by atoms with Crippen molar-refractivity contribution >= 4 is 23.9 Å². The highest BCUT2D eigenvalue weighted by atomic mass is 16.6. The van der Waals surface area contributed by atoms with Crippen molar-refractivity contribution in [1.82, 2.24) is 10.6 Å². The zero-order chi connectivity index (χ0) is 25.6. The molecule has 0 spiro atoms. The fraction of sp³-hybridized carbons (Fsp3) is 0.385. The summed E-state index contributed by atoms with van der Waals surface area (Å²) in [6.45, 7) is 4.73. The van der Waals surface area contributed by atoms with Crippen LogP contribution in [0.3, 0.4) is 0 Å². The van der Waals surface area contributed by atoms with Gasteiger partial charge in [0, 0.05) is 5.92 Å². The summed E-state index contributed by atoms with van der Waals surface area (Å²) in [6, 6.07) is 13.9. The lowest BCUT2D eigenvalue weighted by Crippen LogP contribution is -2.61. The Hall–Kier alpha value is -3.88. The summed E-state index contributed by atoms with van der Waals surface area (Å²) in [5.74, 6) is -3.43. The monoisotopic (exact) mass is 482 g/mol. The number of hydrogen-bond acceptors (Lipinski definition) is 6. The zero-order valence-corrected chi connectivity index (χ0v) is 20.0. The van der Waals surface area contributed by atoms with Gasteiger partial charge in [-0.2, -0.15) is 0 Å². The number of esters is 1. The summed E-state index contributed by atoms with van der Waals surface area (Å²) >= 11 is 0. The molecule has 0 saturated carbocycles. The summed E-state index contributed by atoms with van der Waals surface area (Å²) in [7, 11) is 0. The summed E-state index contributed by atoms with van der Waals surface area (Å²) in [6.07, 6.45) is -0.815. The van der Waals surface area contributed by atoms with E-state index in [0.717, 1.165) is 22.3 Å². The molecule has 35 heavy (non-hydrogen) atoms. The Labute approximate surface area is 203 Å². The maximum atomic E-state index is 12.9. The van der Waals surface area contributed by atoms with Crippen molar-refractivity contribution in [1.29, 1.82) is 0 Å². The van der Waals surface area contributed by atoms with Crippen LogP contribution in [0.4, 0.5) is 4.79 Å². The molecule has 1 aliphatic carbocycles. The Balaban J connectivity index is 1.74. The third-order valence-corrected chi connectivity index (χ3v) is 6.37. The van der Waals surface area contributed by atoms with Crippen LogP contribution in [0.25, 0.3) is 11.1 Å². The third kappa shape index (κ3) is 5.29. The van der Waals surface area contributed by atoms with E-state index in [1.165, 1.54) is 0 Å². The minimum absolute atomic E-state index is 0.0139. The molecule has 0 aliphatic heterocycles. The first-order valence-corrected chi connectivity index (χ1v) is 11.6. The van der Waals surface area contributed by atoms with Crippen molar-refractivity contribution in [3.8, 4) is 11.1 Å².